The molecule has 0 radical (unpaired) electrons. The van der Waals surface area contributed by atoms with Gasteiger partial charge in [0.05, 0.1) is 0 Å². The average Bonchev–Trinajstić information content (AvgIpc) is 2.66. The van der Waals surface area contributed by atoms with E-state index in [0.29, 0.717) is 0 Å². The van der Waals surface area contributed by atoms with Crippen molar-refractivity contribution < 1.29 is 0 Å². The van der Waals surface area contributed by atoms with Gasteiger partial charge in [-0.3, -0.25) is 4.57 Å². The third-order valence-corrected chi connectivity index (χ3v) is 2.92. The third kappa shape index (κ3) is 1.68. The Bertz CT molecular complexity index is 671. The van der Waals surface area contributed by atoms with E-state index in [2.05, 4.69) is 9.97 Å². The van der Waals surface area contributed by atoms with Crippen molar-refractivity contribution >= 4 is 22.8 Å². The Morgan fingerprint density at radius 3 is 2.65 bits per heavy atom. The lowest BCUT2D eigenvalue weighted by Crippen LogP contribution is -1.97. The maximum atomic E-state index is 5.89. The molecular weight excluding hydrogens is 234 g/mol. The van der Waals surface area contributed by atoms with Crippen LogP contribution in [0.5, 0.6) is 0 Å². The molecule has 2 aromatic heterocycles. The largest absolute Gasteiger partial charge is 0.281 e. The van der Waals surface area contributed by atoms with E-state index in [1.54, 1.807) is 6.20 Å². The molecule has 0 unspecified atom stereocenters. The van der Waals surface area contributed by atoms with Gasteiger partial charge in [0.15, 0.2) is 5.65 Å². The van der Waals surface area contributed by atoms with Crippen molar-refractivity contribution in [3.8, 4) is 5.69 Å². The Morgan fingerprint density at radius 1 is 1.12 bits per heavy atom. The van der Waals surface area contributed by atoms with Crippen molar-refractivity contribution in [1.82, 2.24) is 14.5 Å². The molecule has 0 fully saturated rings. The van der Waals surface area contributed by atoms with Crippen molar-refractivity contribution in [1.29, 1.82) is 0 Å². The fourth-order valence-electron chi connectivity index (χ4n) is 1.92. The molecule has 17 heavy (non-hydrogen) atoms. The summed E-state index contributed by atoms with van der Waals surface area (Å²) in [7, 11) is 0. The molecule has 0 spiro atoms. The third-order valence-electron chi connectivity index (χ3n) is 2.67. The number of nitrogens with zero attached hydrogens (tertiary/aromatic N) is 3. The highest BCUT2D eigenvalue weighted by molar-refractivity contribution is 6.30. The van der Waals surface area contributed by atoms with E-state index in [0.717, 1.165) is 27.7 Å². The molecule has 0 saturated carbocycles. The number of fused-ring (bicyclic) bond motifs is 1. The highest BCUT2D eigenvalue weighted by Gasteiger charge is 2.09. The van der Waals surface area contributed by atoms with E-state index in [4.69, 9.17) is 11.6 Å². The first kappa shape index (κ1) is 10.3. The van der Waals surface area contributed by atoms with Crippen LogP contribution in [0.15, 0.2) is 42.6 Å². The molecule has 0 aliphatic rings. The van der Waals surface area contributed by atoms with Crippen molar-refractivity contribution in [2.75, 3.05) is 0 Å². The summed E-state index contributed by atoms with van der Waals surface area (Å²) >= 11 is 5.89. The van der Waals surface area contributed by atoms with Crippen LogP contribution in [0, 0.1) is 6.92 Å². The smallest absolute Gasteiger partial charge is 0.164 e. The van der Waals surface area contributed by atoms with Crippen LogP contribution in [0.3, 0.4) is 0 Å². The normalized spacial score (nSPS) is 10.9. The molecule has 3 nitrogen and oxygen atoms in total. The van der Waals surface area contributed by atoms with Crippen LogP contribution >= 0.6 is 11.6 Å². The van der Waals surface area contributed by atoms with E-state index >= 15 is 0 Å². The molecule has 0 saturated heterocycles. The molecular formula is C13H10ClN3. The summed E-state index contributed by atoms with van der Waals surface area (Å²) in [6.45, 7) is 1.97. The zero-order chi connectivity index (χ0) is 11.8. The van der Waals surface area contributed by atoms with Crippen molar-refractivity contribution in [3.63, 3.8) is 0 Å². The number of benzene rings is 1. The fraction of sp³-hybridized carbons (Fsp3) is 0.0769. The molecule has 3 aromatic rings. The van der Waals surface area contributed by atoms with E-state index in [1.807, 2.05) is 47.9 Å². The second-order valence-electron chi connectivity index (χ2n) is 3.82. The van der Waals surface area contributed by atoms with Gasteiger partial charge < -0.3 is 0 Å². The predicted molar refractivity (Wildman–Crippen MR) is 68.6 cm³/mol. The number of aromatic nitrogens is 3. The Morgan fingerprint density at radius 2 is 1.88 bits per heavy atom. The number of imidazole rings is 1. The molecule has 84 valence electrons. The second kappa shape index (κ2) is 3.86. The van der Waals surface area contributed by atoms with Crippen LogP contribution in [0.4, 0.5) is 0 Å². The number of rotatable bonds is 1. The van der Waals surface area contributed by atoms with Gasteiger partial charge in [-0.2, -0.15) is 0 Å². The number of halogens is 1. The minimum Gasteiger partial charge on any atom is -0.281 e. The summed E-state index contributed by atoms with van der Waals surface area (Å²) in [6.07, 6.45) is 1.77. The SMILES string of the molecule is Cc1nc2cccnc2n1-c1ccc(Cl)cc1. The van der Waals surface area contributed by atoms with Gasteiger partial charge >= 0.3 is 0 Å². The molecule has 4 heteroatoms. The second-order valence-corrected chi connectivity index (χ2v) is 4.25. The van der Waals surface area contributed by atoms with Gasteiger partial charge in [0.1, 0.15) is 11.3 Å². The first-order chi connectivity index (χ1) is 8.25. The lowest BCUT2D eigenvalue weighted by molar-refractivity contribution is 0.987. The molecule has 0 bridgehead atoms. The van der Waals surface area contributed by atoms with Gasteiger partial charge in [-0.05, 0) is 43.3 Å². The van der Waals surface area contributed by atoms with Crippen LogP contribution in [-0.2, 0) is 0 Å². The summed E-state index contributed by atoms with van der Waals surface area (Å²) in [6, 6.07) is 11.5. The number of hydrogen-bond acceptors (Lipinski definition) is 2. The fourth-order valence-corrected chi connectivity index (χ4v) is 2.05. The number of aryl methyl sites for hydroxylation is 1. The maximum absolute atomic E-state index is 5.89. The highest BCUT2D eigenvalue weighted by Crippen LogP contribution is 2.20. The number of hydrogen-bond donors (Lipinski definition) is 0. The van der Waals surface area contributed by atoms with Crippen molar-refractivity contribution in [2.24, 2.45) is 0 Å². The van der Waals surface area contributed by atoms with Gasteiger partial charge in [0, 0.05) is 16.9 Å². The van der Waals surface area contributed by atoms with Gasteiger partial charge in [-0.25, -0.2) is 9.97 Å². The van der Waals surface area contributed by atoms with Gasteiger partial charge in [-0.15, -0.1) is 0 Å². The molecule has 2 heterocycles. The van der Waals surface area contributed by atoms with E-state index < -0.39 is 0 Å². The molecule has 3 rings (SSSR count). The minimum absolute atomic E-state index is 0.726. The first-order valence-corrected chi connectivity index (χ1v) is 5.69. The van der Waals surface area contributed by atoms with Crippen LogP contribution in [0.1, 0.15) is 5.82 Å². The van der Waals surface area contributed by atoms with Crippen LogP contribution < -0.4 is 0 Å². The Balaban J connectivity index is 2.29. The predicted octanol–water partition coefficient (Wildman–Crippen LogP) is 3.38. The summed E-state index contributed by atoms with van der Waals surface area (Å²) < 4.78 is 2.02. The zero-order valence-corrected chi connectivity index (χ0v) is 10.0. The molecule has 0 amide bonds. The van der Waals surface area contributed by atoms with E-state index in [-0.39, 0.29) is 0 Å². The first-order valence-electron chi connectivity index (χ1n) is 5.32. The van der Waals surface area contributed by atoms with Crippen LogP contribution in [0.2, 0.25) is 5.02 Å². The summed E-state index contributed by atoms with van der Waals surface area (Å²) in [5.74, 6) is 0.918. The molecule has 0 atom stereocenters. The Hall–Kier alpha value is -1.87. The van der Waals surface area contributed by atoms with Gasteiger partial charge in [-0.1, -0.05) is 11.6 Å². The van der Waals surface area contributed by atoms with E-state index in [1.165, 1.54) is 0 Å². The molecule has 0 aliphatic heterocycles. The maximum Gasteiger partial charge on any atom is 0.164 e. The minimum atomic E-state index is 0.726. The van der Waals surface area contributed by atoms with Crippen molar-refractivity contribution in [3.05, 3.63) is 53.4 Å². The molecule has 0 N–H and O–H groups in total. The van der Waals surface area contributed by atoms with Crippen molar-refractivity contribution in [2.45, 2.75) is 6.92 Å². The van der Waals surface area contributed by atoms with Gasteiger partial charge in [0.2, 0.25) is 0 Å². The average molecular weight is 244 g/mol. The summed E-state index contributed by atoms with van der Waals surface area (Å²) in [5, 5.41) is 0.726. The lowest BCUT2D eigenvalue weighted by Gasteiger charge is -2.05. The molecule has 1 aromatic carbocycles. The zero-order valence-electron chi connectivity index (χ0n) is 9.26. The summed E-state index contributed by atoms with van der Waals surface area (Å²) in [5.41, 5.74) is 2.79. The quantitative estimate of drug-likeness (QED) is 0.656. The Labute approximate surface area is 104 Å². The number of pyridine rings is 1. The van der Waals surface area contributed by atoms with Gasteiger partial charge in [0.25, 0.3) is 0 Å². The summed E-state index contributed by atoms with van der Waals surface area (Å²) in [4.78, 5) is 8.85. The Kier molecular flexibility index (Phi) is 2.34. The lowest BCUT2D eigenvalue weighted by atomic mass is 10.3. The topological polar surface area (TPSA) is 30.7 Å². The van der Waals surface area contributed by atoms with Crippen LogP contribution in [-0.4, -0.2) is 14.5 Å². The van der Waals surface area contributed by atoms with E-state index in [9.17, 15) is 0 Å². The van der Waals surface area contributed by atoms with Crippen LogP contribution in [0.25, 0.3) is 16.9 Å². The highest BCUT2D eigenvalue weighted by atomic mass is 35.5. The standard InChI is InChI=1S/C13H10ClN3/c1-9-16-12-3-2-8-15-13(12)17(9)11-6-4-10(14)5-7-11/h2-8H,1H3. The molecule has 0 aliphatic carbocycles. The monoisotopic (exact) mass is 243 g/mol.